The molecule has 1 aliphatic carbocycles. The minimum absolute atomic E-state index is 0.111. The SMILES string of the molecule is NS(=O)(=O)c1cc(N2CCC3(CC2)CC3)c2cncnc2c1. The highest BCUT2D eigenvalue weighted by molar-refractivity contribution is 7.89. The zero-order chi connectivity index (χ0) is 15.4. The van der Waals surface area contributed by atoms with Crippen LogP contribution in [0.3, 0.4) is 0 Å². The van der Waals surface area contributed by atoms with E-state index >= 15 is 0 Å². The van der Waals surface area contributed by atoms with Crippen molar-refractivity contribution in [3.63, 3.8) is 0 Å². The Balaban J connectivity index is 1.81. The van der Waals surface area contributed by atoms with Crippen molar-refractivity contribution < 1.29 is 8.42 Å². The molecular formula is C15H18N4O2S. The van der Waals surface area contributed by atoms with E-state index in [-0.39, 0.29) is 4.90 Å². The lowest BCUT2D eigenvalue weighted by atomic mass is 9.93. The van der Waals surface area contributed by atoms with Gasteiger partial charge in [-0.05, 0) is 43.2 Å². The maximum atomic E-state index is 11.7. The number of aromatic nitrogens is 2. The van der Waals surface area contributed by atoms with Gasteiger partial charge in [-0.15, -0.1) is 0 Å². The minimum atomic E-state index is -3.75. The lowest BCUT2D eigenvalue weighted by Gasteiger charge is -2.34. The van der Waals surface area contributed by atoms with Gasteiger partial charge in [0, 0.05) is 30.4 Å². The summed E-state index contributed by atoms with van der Waals surface area (Å²) in [7, 11) is -3.75. The van der Waals surface area contributed by atoms with Crippen molar-refractivity contribution in [1.82, 2.24) is 9.97 Å². The van der Waals surface area contributed by atoms with Gasteiger partial charge < -0.3 is 4.90 Å². The van der Waals surface area contributed by atoms with Crippen LogP contribution in [0.4, 0.5) is 5.69 Å². The zero-order valence-corrected chi connectivity index (χ0v) is 13.0. The van der Waals surface area contributed by atoms with E-state index in [4.69, 9.17) is 5.14 Å². The Bertz CT molecular complexity index is 836. The van der Waals surface area contributed by atoms with E-state index in [1.54, 1.807) is 12.3 Å². The molecule has 0 bridgehead atoms. The predicted molar refractivity (Wildman–Crippen MR) is 84.0 cm³/mol. The van der Waals surface area contributed by atoms with Crippen molar-refractivity contribution in [2.45, 2.75) is 30.6 Å². The van der Waals surface area contributed by atoms with Crippen LogP contribution in [0.25, 0.3) is 10.9 Å². The van der Waals surface area contributed by atoms with Crippen molar-refractivity contribution in [3.8, 4) is 0 Å². The zero-order valence-electron chi connectivity index (χ0n) is 12.2. The first kappa shape index (κ1) is 13.9. The quantitative estimate of drug-likeness (QED) is 0.909. The van der Waals surface area contributed by atoms with E-state index in [2.05, 4.69) is 14.9 Å². The van der Waals surface area contributed by atoms with E-state index in [1.807, 2.05) is 0 Å². The van der Waals surface area contributed by atoms with Crippen LogP contribution in [-0.2, 0) is 10.0 Å². The smallest absolute Gasteiger partial charge is 0.238 e. The van der Waals surface area contributed by atoms with Gasteiger partial charge >= 0.3 is 0 Å². The standard InChI is InChI=1S/C15H18N4O2S/c16-22(20,21)11-7-13-12(9-17-10-18-13)14(8-11)19-5-3-15(1-2-15)4-6-19/h7-10H,1-6H2,(H2,16,20,21). The molecule has 22 heavy (non-hydrogen) atoms. The summed E-state index contributed by atoms with van der Waals surface area (Å²) in [6.07, 6.45) is 8.17. The molecule has 6 nitrogen and oxygen atoms in total. The lowest BCUT2D eigenvalue weighted by Crippen LogP contribution is -2.34. The third kappa shape index (κ3) is 2.34. The molecule has 1 spiro atoms. The number of rotatable bonds is 2. The molecule has 2 heterocycles. The molecule has 1 saturated heterocycles. The molecule has 1 saturated carbocycles. The molecule has 4 rings (SSSR count). The summed E-state index contributed by atoms with van der Waals surface area (Å²) in [4.78, 5) is 10.6. The monoisotopic (exact) mass is 318 g/mol. The molecule has 0 unspecified atom stereocenters. The summed E-state index contributed by atoms with van der Waals surface area (Å²) in [5.74, 6) is 0. The highest BCUT2D eigenvalue weighted by Crippen LogP contribution is 2.54. The van der Waals surface area contributed by atoms with E-state index in [0.29, 0.717) is 10.9 Å². The van der Waals surface area contributed by atoms with Crippen LogP contribution in [0.1, 0.15) is 25.7 Å². The van der Waals surface area contributed by atoms with E-state index < -0.39 is 10.0 Å². The molecule has 2 fully saturated rings. The Morgan fingerprint density at radius 3 is 2.50 bits per heavy atom. The number of benzene rings is 1. The van der Waals surface area contributed by atoms with Gasteiger partial charge in [0.2, 0.25) is 10.0 Å². The fourth-order valence-corrected chi connectivity index (χ4v) is 3.92. The normalized spacial score (nSPS) is 20.5. The summed E-state index contributed by atoms with van der Waals surface area (Å²) < 4.78 is 23.5. The number of fused-ring (bicyclic) bond motifs is 1. The van der Waals surface area contributed by atoms with E-state index in [1.165, 1.54) is 38.1 Å². The summed E-state index contributed by atoms with van der Waals surface area (Å²) in [5.41, 5.74) is 2.06. The van der Waals surface area contributed by atoms with Crippen molar-refractivity contribution in [2.24, 2.45) is 10.6 Å². The Morgan fingerprint density at radius 1 is 1.14 bits per heavy atom. The molecule has 0 atom stereocenters. The van der Waals surface area contributed by atoms with Crippen LogP contribution in [0.15, 0.2) is 29.6 Å². The Morgan fingerprint density at radius 2 is 1.86 bits per heavy atom. The number of nitrogens with zero attached hydrogens (tertiary/aromatic N) is 3. The first-order chi connectivity index (χ1) is 10.5. The summed E-state index contributed by atoms with van der Waals surface area (Å²) >= 11 is 0. The number of hydrogen-bond donors (Lipinski definition) is 1. The highest BCUT2D eigenvalue weighted by atomic mass is 32.2. The van der Waals surface area contributed by atoms with E-state index in [0.717, 1.165) is 24.2 Å². The van der Waals surface area contributed by atoms with Gasteiger partial charge in [-0.3, -0.25) is 0 Å². The lowest BCUT2D eigenvalue weighted by molar-refractivity contribution is 0.385. The van der Waals surface area contributed by atoms with E-state index in [9.17, 15) is 8.42 Å². The largest absolute Gasteiger partial charge is 0.371 e. The molecule has 7 heteroatoms. The number of nitrogens with two attached hydrogens (primary N) is 1. The van der Waals surface area contributed by atoms with Crippen LogP contribution in [-0.4, -0.2) is 31.5 Å². The Labute approximate surface area is 129 Å². The fourth-order valence-electron chi connectivity index (χ4n) is 3.37. The molecule has 2 N–H and O–H groups in total. The average molecular weight is 318 g/mol. The van der Waals surface area contributed by atoms with Crippen molar-refractivity contribution in [3.05, 3.63) is 24.7 Å². The van der Waals surface area contributed by atoms with Crippen LogP contribution < -0.4 is 10.0 Å². The second-order valence-corrected chi connectivity index (χ2v) is 7.99. The van der Waals surface area contributed by atoms with Crippen molar-refractivity contribution in [1.29, 1.82) is 0 Å². The Hall–Kier alpha value is -1.73. The maximum Gasteiger partial charge on any atom is 0.238 e. The first-order valence-corrected chi connectivity index (χ1v) is 9.03. The van der Waals surface area contributed by atoms with Gasteiger partial charge in [0.25, 0.3) is 0 Å². The molecule has 0 radical (unpaired) electrons. The summed E-state index contributed by atoms with van der Waals surface area (Å²) in [6, 6.07) is 3.17. The number of hydrogen-bond acceptors (Lipinski definition) is 5. The van der Waals surface area contributed by atoms with Crippen molar-refractivity contribution in [2.75, 3.05) is 18.0 Å². The molecule has 116 valence electrons. The molecule has 2 aromatic rings. The Kier molecular flexibility index (Phi) is 2.93. The number of anilines is 1. The summed E-state index contributed by atoms with van der Waals surface area (Å²) in [5, 5.41) is 6.19. The van der Waals surface area contributed by atoms with Gasteiger partial charge in [0.05, 0.1) is 10.4 Å². The average Bonchev–Trinajstić information content (AvgIpc) is 3.25. The van der Waals surface area contributed by atoms with Gasteiger partial charge in [-0.25, -0.2) is 23.5 Å². The fraction of sp³-hybridized carbons (Fsp3) is 0.467. The van der Waals surface area contributed by atoms with Crippen LogP contribution in [0.2, 0.25) is 0 Å². The van der Waals surface area contributed by atoms with Gasteiger partial charge in [0.15, 0.2) is 0 Å². The second kappa shape index (κ2) is 4.63. The van der Waals surface area contributed by atoms with Crippen LogP contribution >= 0.6 is 0 Å². The number of piperidine rings is 1. The molecular weight excluding hydrogens is 300 g/mol. The third-order valence-electron chi connectivity index (χ3n) is 5.03. The predicted octanol–water partition coefficient (Wildman–Crippen LogP) is 1.66. The van der Waals surface area contributed by atoms with Crippen molar-refractivity contribution >= 4 is 26.6 Å². The molecule has 1 aromatic carbocycles. The highest BCUT2D eigenvalue weighted by Gasteiger charge is 2.44. The molecule has 1 aliphatic heterocycles. The third-order valence-corrected chi connectivity index (χ3v) is 5.92. The maximum absolute atomic E-state index is 11.7. The van der Waals surface area contributed by atoms with Crippen LogP contribution in [0, 0.1) is 5.41 Å². The van der Waals surface area contributed by atoms with Gasteiger partial charge in [-0.1, -0.05) is 0 Å². The number of sulfonamides is 1. The van der Waals surface area contributed by atoms with Crippen LogP contribution in [0.5, 0.6) is 0 Å². The van der Waals surface area contributed by atoms with Gasteiger partial charge in [0.1, 0.15) is 6.33 Å². The molecule has 2 aliphatic rings. The molecule has 0 amide bonds. The molecule has 1 aromatic heterocycles. The van der Waals surface area contributed by atoms with Gasteiger partial charge in [-0.2, -0.15) is 0 Å². The summed E-state index contributed by atoms with van der Waals surface area (Å²) in [6.45, 7) is 1.89. The number of primary sulfonamides is 1. The second-order valence-electron chi connectivity index (χ2n) is 6.43. The first-order valence-electron chi connectivity index (χ1n) is 7.49. The minimum Gasteiger partial charge on any atom is -0.371 e. The topological polar surface area (TPSA) is 89.2 Å².